The zero-order valence-electron chi connectivity index (χ0n) is 14.3. The molecule has 25 heavy (non-hydrogen) atoms. The van der Waals surface area contributed by atoms with Crippen molar-refractivity contribution in [2.24, 2.45) is 0 Å². The predicted molar refractivity (Wildman–Crippen MR) is 96.8 cm³/mol. The fourth-order valence-corrected chi connectivity index (χ4v) is 2.82. The zero-order valence-corrected chi connectivity index (χ0v) is 14.3. The third kappa shape index (κ3) is 4.00. The first-order valence-corrected chi connectivity index (χ1v) is 8.22. The van der Waals surface area contributed by atoms with Crippen LogP contribution in [0.15, 0.2) is 49.1 Å². The van der Waals surface area contributed by atoms with Crippen molar-refractivity contribution >= 4 is 5.91 Å². The Balaban J connectivity index is 1.65. The van der Waals surface area contributed by atoms with Gasteiger partial charge in [0, 0.05) is 25.2 Å². The normalized spacial score (nSPS) is 12.4. The second-order valence-electron chi connectivity index (χ2n) is 5.85. The van der Waals surface area contributed by atoms with Crippen molar-refractivity contribution < 1.29 is 14.3 Å². The number of hydrogen-bond acceptors (Lipinski definition) is 4. The lowest BCUT2D eigenvalue weighted by Gasteiger charge is -2.11. The maximum absolute atomic E-state index is 12.4. The number of amides is 1. The number of ether oxygens (including phenoxy) is 2. The first kappa shape index (κ1) is 17.0. The van der Waals surface area contributed by atoms with E-state index in [1.807, 2.05) is 0 Å². The average Bonchev–Trinajstić information content (AvgIpc) is 3.12. The van der Waals surface area contributed by atoms with Gasteiger partial charge in [0.15, 0.2) is 11.5 Å². The van der Waals surface area contributed by atoms with E-state index in [1.54, 1.807) is 31.4 Å². The maximum atomic E-state index is 12.4. The maximum Gasteiger partial charge on any atom is 0.251 e. The highest BCUT2D eigenvalue weighted by Gasteiger charge is 2.13. The molecule has 1 amide bonds. The van der Waals surface area contributed by atoms with Crippen LogP contribution in [0.4, 0.5) is 0 Å². The molecule has 0 atom stereocenters. The Hall–Kier alpha value is -2.79. The second kappa shape index (κ2) is 7.85. The van der Waals surface area contributed by atoms with Crippen LogP contribution in [0.5, 0.6) is 11.5 Å². The summed E-state index contributed by atoms with van der Waals surface area (Å²) in [4.78, 5) is 12.4. The smallest absolute Gasteiger partial charge is 0.251 e. The summed E-state index contributed by atoms with van der Waals surface area (Å²) in [5.41, 5.74) is 4.26. The Morgan fingerprint density at radius 1 is 1.20 bits per heavy atom. The molecule has 2 aromatic rings. The Morgan fingerprint density at radius 3 is 2.84 bits per heavy atom. The van der Waals surface area contributed by atoms with Gasteiger partial charge in [-0.15, -0.1) is 0 Å². The van der Waals surface area contributed by atoms with E-state index in [0.717, 1.165) is 18.7 Å². The summed E-state index contributed by atoms with van der Waals surface area (Å²) < 4.78 is 10.8. The molecule has 0 saturated carbocycles. The molecule has 0 bridgehead atoms. The highest BCUT2D eigenvalue weighted by Crippen LogP contribution is 2.28. The van der Waals surface area contributed by atoms with Gasteiger partial charge in [0.1, 0.15) is 6.61 Å². The number of carbonyl (C=O) groups excluding carboxylic acids is 1. The van der Waals surface area contributed by atoms with Crippen molar-refractivity contribution in [1.82, 2.24) is 10.6 Å². The fourth-order valence-electron chi connectivity index (χ4n) is 2.82. The molecular weight excluding hydrogens is 316 g/mol. The van der Waals surface area contributed by atoms with Crippen molar-refractivity contribution in [2.75, 3.05) is 13.7 Å². The van der Waals surface area contributed by atoms with Crippen LogP contribution in [0.1, 0.15) is 27.0 Å². The summed E-state index contributed by atoms with van der Waals surface area (Å²) >= 11 is 0. The lowest BCUT2D eigenvalue weighted by atomic mass is 10.1. The van der Waals surface area contributed by atoms with Crippen molar-refractivity contribution in [3.63, 3.8) is 0 Å². The van der Waals surface area contributed by atoms with Gasteiger partial charge >= 0.3 is 0 Å². The Bertz CT molecular complexity index is 787. The number of carbonyl (C=O) groups is 1. The number of methoxy groups -OCH3 is 1. The fraction of sp³-hybridized carbons (Fsp3) is 0.250. The predicted octanol–water partition coefficient (Wildman–Crippen LogP) is 2.79. The topological polar surface area (TPSA) is 59.6 Å². The number of nitrogens with one attached hydrogen (secondary N) is 2. The van der Waals surface area contributed by atoms with Crippen molar-refractivity contribution in [3.8, 4) is 11.5 Å². The van der Waals surface area contributed by atoms with Gasteiger partial charge in [-0.1, -0.05) is 30.9 Å². The molecule has 1 aliphatic heterocycles. The molecule has 0 spiro atoms. The van der Waals surface area contributed by atoms with E-state index in [9.17, 15) is 4.79 Å². The SMILES string of the molecule is C=CCOc1ccc(C(=O)NCc2ccc3c(c2)CNC3)cc1OC. The molecule has 3 rings (SSSR count). The van der Waals surface area contributed by atoms with Crippen LogP contribution in [0, 0.1) is 0 Å². The van der Waals surface area contributed by atoms with Gasteiger partial charge in [0.25, 0.3) is 5.91 Å². The highest BCUT2D eigenvalue weighted by atomic mass is 16.5. The van der Waals surface area contributed by atoms with E-state index in [0.29, 0.717) is 30.2 Å². The van der Waals surface area contributed by atoms with E-state index in [2.05, 4.69) is 35.4 Å². The molecule has 0 unspecified atom stereocenters. The van der Waals surface area contributed by atoms with Crippen LogP contribution in [0.25, 0.3) is 0 Å². The van der Waals surface area contributed by atoms with Gasteiger partial charge < -0.3 is 20.1 Å². The molecule has 0 aliphatic carbocycles. The Kier molecular flexibility index (Phi) is 5.36. The van der Waals surface area contributed by atoms with E-state index in [-0.39, 0.29) is 5.91 Å². The molecule has 5 nitrogen and oxygen atoms in total. The molecule has 0 fully saturated rings. The summed E-state index contributed by atoms with van der Waals surface area (Å²) in [5, 5.41) is 6.27. The van der Waals surface area contributed by atoms with Crippen LogP contribution in [0.3, 0.4) is 0 Å². The molecule has 2 aromatic carbocycles. The minimum atomic E-state index is -0.146. The average molecular weight is 338 g/mol. The first-order valence-electron chi connectivity index (χ1n) is 8.22. The number of rotatable bonds is 7. The molecule has 0 radical (unpaired) electrons. The van der Waals surface area contributed by atoms with E-state index >= 15 is 0 Å². The van der Waals surface area contributed by atoms with E-state index in [4.69, 9.17) is 9.47 Å². The van der Waals surface area contributed by atoms with Crippen LogP contribution >= 0.6 is 0 Å². The lowest BCUT2D eigenvalue weighted by molar-refractivity contribution is 0.0950. The summed E-state index contributed by atoms with van der Waals surface area (Å²) in [6.45, 7) is 6.30. The van der Waals surface area contributed by atoms with Crippen molar-refractivity contribution in [3.05, 3.63) is 71.3 Å². The molecule has 1 aliphatic rings. The number of benzene rings is 2. The van der Waals surface area contributed by atoms with Crippen LogP contribution in [-0.2, 0) is 19.6 Å². The highest BCUT2D eigenvalue weighted by molar-refractivity contribution is 5.94. The largest absolute Gasteiger partial charge is 0.493 e. The van der Waals surface area contributed by atoms with Gasteiger partial charge in [0.2, 0.25) is 0 Å². The zero-order chi connectivity index (χ0) is 17.6. The van der Waals surface area contributed by atoms with E-state index < -0.39 is 0 Å². The van der Waals surface area contributed by atoms with Crippen LogP contribution in [0.2, 0.25) is 0 Å². The van der Waals surface area contributed by atoms with Crippen molar-refractivity contribution in [2.45, 2.75) is 19.6 Å². The minimum Gasteiger partial charge on any atom is -0.493 e. The van der Waals surface area contributed by atoms with Gasteiger partial charge in [-0.3, -0.25) is 4.79 Å². The summed E-state index contributed by atoms with van der Waals surface area (Å²) in [6.07, 6.45) is 1.66. The molecule has 130 valence electrons. The molecular formula is C20H22N2O3. The summed E-state index contributed by atoms with van der Waals surface area (Å²) in [7, 11) is 1.55. The third-order valence-corrected chi connectivity index (χ3v) is 4.14. The Morgan fingerprint density at radius 2 is 2.04 bits per heavy atom. The van der Waals surface area contributed by atoms with Gasteiger partial charge in [-0.25, -0.2) is 0 Å². The molecule has 2 N–H and O–H groups in total. The van der Waals surface area contributed by atoms with Gasteiger partial charge in [0.05, 0.1) is 7.11 Å². The molecule has 0 aromatic heterocycles. The van der Waals surface area contributed by atoms with Crippen LogP contribution in [-0.4, -0.2) is 19.6 Å². The summed E-state index contributed by atoms with van der Waals surface area (Å²) in [6, 6.07) is 11.5. The Labute approximate surface area is 147 Å². The minimum absolute atomic E-state index is 0.146. The van der Waals surface area contributed by atoms with Gasteiger partial charge in [-0.05, 0) is 34.9 Å². The van der Waals surface area contributed by atoms with Crippen molar-refractivity contribution in [1.29, 1.82) is 0 Å². The van der Waals surface area contributed by atoms with Gasteiger partial charge in [-0.2, -0.15) is 0 Å². The number of fused-ring (bicyclic) bond motifs is 1. The molecule has 0 saturated heterocycles. The standard InChI is InChI=1S/C20H22N2O3/c1-3-8-25-18-7-6-15(10-19(18)24-2)20(23)22-11-14-4-5-16-12-21-13-17(16)9-14/h3-7,9-10,21H,1,8,11-13H2,2H3,(H,22,23). The monoisotopic (exact) mass is 338 g/mol. The van der Waals surface area contributed by atoms with E-state index in [1.165, 1.54) is 11.1 Å². The second-order valence-corrected chi connectivity index (χ2v) is 5.85. The molecule has 1 heterocycles. The third-order valence-electron chi connectivity index (χ3n) is 4.14. The number of hydrogen-bond donors (Lipinski definition) is 2. The summed E-state index contributed by atoms with van der Waals surface area (Å²) in [5.74, 6) is 0.968. The lowest BCUT2D eigenvalue weighted by Crippen LogP contribution is -2.22. The van der Waals surface area contributed by atoms with Crippen LogP contribution < -0.4 is 20.1 Å². The first-order chi connectivity index (χ1) is 12.2. The quantitative estimate of drug-likeness (QED) is 0.762. The molecule has 5 heteroatoms.